The Kier molecular flexibility index (Phi) is 3.86. The number of halogens is 1. The Morgan fingerprint density at radius 1 is 1.53 bits per heavy atom. The number of hydrogen-bond acceptors (Lipinski definition) is 3. The summed E-state index contributed by atoms with van der Waals surface area (Å²) in [4.78, 5) is 15.9. The molecule has 0 aliphatic carbocycles. The number of nitrogens with one attached hydrogen (secondary N) is 1. The quantitative estimate of drug-likeness (QED) is 0.827. The van der Waals surface area contributed by atoms with Gasteiger partial charge in [0, 0.05) is 18.1 Å². The van der Waals surface area contributed by atoms with Crippen molar-refractivity contribution in [3.8, 4) is 0 Å². The van der Waals surface area contributed by atoms with Gasteiger partial charge in [0.2, 0.25) is 5.91 Å². The molecule has 0 atom stereocenters. The summed E-state index contributed by atoms with van der Waals surface area (Å²) in [7, 11) is 0. The normalized spacial score (nSPS) is 10.2. The van der Waals surface area contributed by atoms with Crippen molar-refractivity contribution in [1.29, 1.82) is 0 Å². The van der Waals surface area contributed by atoms with Crippen LogP contribution < -0.4 is 11.1 Å². The molecule has 0 saturated heterocycles. The van der Waals surface area contributed by atoms with Crippen molar-refractivity contribution in [3.05, 3.63) is 48.3 Å². The minimum Gasteiger partial charge on any atom is -0.387 e. The SMILES string of the molecule is NC(=S)c1nccn1CC(=O)Nc1cccc(F)c1. The van der Waals surface area contributed by atoms with Gasteiger partial charge >= 0.3 is 0 Å². The molecule has 0 bridgehead atoms. The van der Waals surface area contributed by atoms with Gasteiger partial charge in [0.1, 0.15) is 17.4 Å². The summed E-state index contributed by atoms with van der Waals surface area (Å²) in [5.74, 6) is -0.366. The van der Waals surface area contributed by atoms with E-state index >= 15 is 0 Å². The van der Waals surface area contributed by atoms with E-state index in [9.17, 15) is 9.18 Å². The van der Waals surface area contributed by atoms with E-state index in [-0.39, 0.29) is 17.4 Å². The molecule has 0 aliphatic heterocycles. The van der Waals surface area contributed by atoms with Crippen molar-refractivity contribution < 1.29 is 9.18 Å². The smallest absolute Gasteiger partial charge is 0.244 e. The summed E-state index contributed by atoms with van der Waals surface area (Å²) in [6, 6.07) is 5.66. The minimum atomic E-state index is -0.413. The molecule has 19 heavy (non-hydrogen) atoms. The monoisotopic (exact) mass is 278 g/mol. The first-order valence-electron chi connectivity index (χ1n) is 5.42. The average Bonchev–Trinajstić information content (AvgIpc) is 2.76. The van der Waals surface area contributed by atoms with E-state index in [4.69, 9.17) is 18.0 Å². The van der Waals surface area contributed by atoms with Crippen LogP contribution in [0.5, 0.6) is 0 Å². The molecule has 0 unspecified atom stereocenters. The number of hydrogen-bond donors (Lipinski definition) is 2. The number of thiocarbonyl (C=S) groups is 1. The van der Waals surface area contributed by atoms with Crippen LogP contribution in [0.15, 0.2) is 36.7 Å². The number of amides is 1. The third-order valence-corrected chi connectivity index (χ3v) is 2.54. The number of anilines is 1. The number of nitrogens with zero attached hydrogens (tertiary/aromatic N) is 2. The molecule has 1 aromatic heterocycles. The van der Waals surface area contributed by atoms with E-state index in [1.807, 2.05) is 0 Å². The highest BCUT2D eigenvalue weighted by Gasteiger charge is 2.09. The fraction of sp³-hybridized carbons (Fsp3) is 0.0833. The lowest BCUT2D eigenvalue weighted by Crippen LogP contribution is -2.23. The zero-order valence-electron chi connectivity index (χ0n) is 9.84. The van der Waals surface area contributed by atoms with Gasteiger partial charge in [0.25, 0.3) is 0 Å². The van der Waals surface area contributed by atoms with Gasteiger partial charge in [-0.1, -0.05) is 18.3 Å². The van der Waals surface area contributed by atoms with Crippen LogP contribution in [-0.4, -0.2) is 20.4 Å². The largest absolute Gasteiger partial charge is 0.387 e. The Bertz CT molecular complexity index is 626. The lowest BCUT2D eigenvalue weighted by Gasteiger charge is -2.08. The fourth-order valence-electron chi connectivity index (χ4n) is 1.58. The lowest BCUT2D eigenvalue weighted by molar-refractivity contribution is -0.116. The number of carbonyl (C=O) groups is 1. The van der Waals surface area contributed by atoms with Crippen molar-refractivity contribution in [2.75, 3.05) is 5.32 Å². The van der Waals surface area contributed by atoms with Crippen molar-refractivity contribution in [3.63, 3.8) is 0 Å². The van der Waals surface area contributed by atoms with Crippen molar-refractivity contribution in [1.82, 2.24) is 9.55 Å². The van der Waals surface area contributed by atoms with Crippen LogP contribution in [0, 0.1) is 5.82 Å². The lowest BCUT2D eigenvalue weighted by atomic mass is 10.3. The highest BCUT2D eigenvalue weighted by Crippen LogP contribution is 2.09. The molecule has 7 heteroatoms. The standard InChI is InChI=1S/C12H11FN4OS/c13-8-2-1-3-9(6-8)16-10(18)7-17-5-4-15-12(17)11(14)19/h1-6H,7H2,(H2,14,19)(H,16,18). The highest BCUT2D eigenvalue weighted by atomic mass is 32.1. The summed E-state index contributed by atoms with van der Waals surface area (Å²) in [6.07, 6.45) is 3.10. The second-order valence-corrected chi connectivity index (χ2v) is 4.24. The zero-order chi connectivity index (χ0) is 13.8. The van der Waals surface area contributed by atoms with E-state index < -0.39 is 5.82 Å². The van der Waals surface area contributed by atoms with Crippen LogP contribution in [0.4, 0.5) is 10.1 Å². The van der Waals surface area contributed by atoms with Gasteiger partial charge in [0.05, 0.1) is 0 Å². The molecular formula is C12H11FN4OS. The Morgan fingerprint density at radius 2 is 2.32 bits per heavy atom. The van der Waals surface area contributed by atoms with Gasteiger partial charge in [-0.05, 0) is 18.2 Å². The molecule has 98 valence electrons. The van der Waals surface area contributed by atoms with Gasteiger partial charge in [-0.25, -0.2) is 9.37 Å². The molecule has 1 heterocycles. The zero-order valence-corrected chi connectivity index (χ0v) is 10.7. The first kappa shape index (κ1) is 13.2. The fourth-order valence-corrected chi connectivity index (χ4v) is 1.75. The second kappa shape index (κ2) is 5.57. The molecule has 2 rings (SSSR count). The maximum atomic E-state index is 13.0. The van der Waals surface area contributed by atoms with Crippen LogP contribution in [0.1, 0.15) is 5.82 Å². The van der Waals surface area contributed by atoms with Crippen LogP contribution in [-0.2, 0) is 11.3 Å². The molecule has 0 spiro atoms. The molecule has 0 saturated carbocycles. The van der Waals surface area contributed by atoms with Crippen LogP contribution in [0.2, 0.25) is 0 Å². The maximum absolute atomic E-state index is 13.0. The summed E-state index contributed by atoms with van der Waals surface area (Å²) in [5, 5.41) is 2.58. The second-order valence-electron chi connectivity index (χ2n) is 3.80. The number of benzene rings is 1. The number of rotatable bonds is 4. The van der Waals surface area contributed by atoms with Gasteiger partial charge in [-0.2, -0.15) is 0 Å². The van der Waals surface area contributed by atoms with Crippen LogP contribution in [0.25, 0.3) is 0 Å². The Labute approximate surface area is 114 Å². The number of carbonyl (C=O) groups excluding carboxylic acids is 1. The highest BCUT2D eigenvalue weighted by molar-refractivity contribution is 7.80. The summed E-state index contributed by atoms with van der Waals surface area (Å²) in [6.45, 7) is 0.00316. The summed E-state index contributed by atoms with van der Waals surface area (Å²) in [5.41, 5.74) is 5.86. The van der Waals surface area contributed by atoms with Crippen molar-refractivity contribution in [2.45, 2.75) is 6.54 Å². The van der Waals surface area contributed by atoms with Crippen LogP contribution >= 0.6 is 12.2 Å². The van der Waals surface area contributed by atoms with Gasteiger partial charge in [0.15, 0.2) is 5.82 Å². The van der Waals surface area contributed by atoms with E-state index in [0.717, 1.165) is 0 Å². The third kappa shape index (κ3) is 3.35. The predicted molar refractivity (Wildman–Crippen MR) is 73.1 cm³/mol. The average molecular weight is 278 g/mol. The molecule has 2 aromatic rings. The van der Waals surface area contributed by atoms with Gasteiger partial charge < -0.3 is 15.6 Å². The topological polar surface area (TPSA) is 72.9 Å². The number of nitrogens with two attached hydrogens (primary N) is 1. The van der Waals surface area contributed by atoms with E-state index in [2.05, 4.69) is 10.3 Å². The van der Waals surface area contributed by atoms with Gasteiger partial charge in [-0.3, -0.25) is 4.79 Å². The molecule has 0 fully saturated rings. The number of imidazole rings is 1. The van der Waals surface area contributed by atoms with Crippen molar-refractivity contribution in [2.24, 2.45) is 5.73 Å². The molecule has 5 nitrogen and oxygen atoms in total. The minimum absolute atomic E-state index is 0.00316. The summed E-state index contributed by atoms with van der Waals surface area (Å²) < 4.78 is 14.5. The first-order chi connectivity index (χ1) is 9.06. The van der Waals surface area contributed by atoms with E-state index in [0.29, 0.717) is 11.5 Å². The number of aromatic nitrogens is 2. The van der Waals surface area contributed by atoms with Crippen LogP contribution in [0.3, 0.4) is 0 Å². The van der Waals surface area contributed by atoms with Gasteiger partial charge in [-0.15, -0.1) is 0 Å². The van der Waals surface area contributed by atoms with E-state index in [1.54, 1.807) is 12.3 Å². The molecular weight excluding hydrogens is 267 g/mol. The third-order valence-electron chi connectivity index (χ3n) is 2.36. The van der Waals surface area contributed by atoms with Crippen molar-refractivity contribution >= 4 is 28.8 Å². The Morgan fingerprint density at radius 3 is 3.00 bits per heavy atom. The molecule has 0 radical (unpaired) electrons. The predicted octanol–water partition coefficient (Wildman–Crippen LogP) is 1.30. The Balaban J connectivity index is 2.05. The maximum Gasteiger partial charge on any atom is 0.244 e. The summed E-state index contributed by atoms with van der Waals surface area (Å²) >= 11 is 4.82. The Hall–Kier alpha value is -2.28. The molecule has 0 aliphatic rings. The van der Waals surface area contributed by atoms with E-state index in [1.165, 1.54) is 29.0 Å². The molecule has 1 amide bonds. The first-order valence-corrected chi connectivity index (χ1v) is 5.83. The molecule has 1 aromatic carbocycles. The molecule has 3 N–H and O–H groups in total.